The number of anilines is 1. The van der Waals surface area contributed by atoms with Crippen molar-refractivity contribution in [1.29, 1.82) is 0 Å². The van der Waals surface area contributed by atoms with Crippen LogP contribution in [0.4, 0.5) is 5.82 Å². The van der Waals surface area contributed by atoms with E-state index >= 15 is 0 Å². The van der Waals surface area contributed by atoms with Crippen molar-refractivity contribution < 1.29 is 9.90 Å². The molecule has 1 heterocycles. The third-order valence-corrected chi connectivity index (χ3v) is 2.26. The van der Waals surface area contributed by atoms with Gasteiger partial charge in [-0.15, -0.1) is 0 Å². The molecule has 0 aliphatic heterocycles. The van der Waals surface area contributed by atoms with Crippen LogP contribution in [0.2, 0.25) is 0 Å². The quantitative estimate of drug-likeness (QED) is 0.799. The van der Waals surface area contributed by atoms with Gasteiger partial charge < -0.3 is 14.9 Å². The number of carboxylic acids is 1. The molecule has 1 aromatic heterocycles. The molecule has 0 aromatic carbocycles. The van der Waals surface area contributed by atoms with E-state index in [9.17, 15) is 4.79 Å². The zero-order valence-electron chi connectivity index (χ0n) is 9.84. The van der Waals surface area contributed by atoms with Gasteiger partial charge in [0.25, 0.3) is 0 Å². The van der Waals surface area contributed by atoms with Crippen LogP contribution < -0.4 is 4.90 Å². The molecule has 5 heteroatoms. The van der Waals surface area contributed by atoms with Gasteiger partial charge in [0.2, 0.25) is 0 Å². The first kappa shape index (κ1) is 12.4. The Morgan fingerprint density at radius 3 is 2.62 bits per heavy atom. The van der Waals surface area contributed by atoms with Crippen LogP contribution in [0.3, 0.4) is 0 Å². The first-order chi connectivity index (χ1) is 7.52. The maximum Gasteiger partial charge on any atom is 0.339 e. The Labute approximate surface area is 95.3 Å². The summed E-state index contributed by atoms with van der Waals surface area (Å²) in [7, 11) is 5.80. The first-order valence-corrected chi connectivity index (χ1v) is 5.06. The molecule has 0 saturated heterocycles. The van der Waals surface area contributed by atoms with Crippen LogP contribution in [0.25, 0.3) is 0 Å². The zero-order chi connectivity index (χ0) is 12.1. The van der Waals surface area contributed by atoms with Crippen LogP contribution in [-0.2, 0) is 0 Å². The standard InChI is InChI=1S/C11H17N3O2/c1-13(2)7-8-14(3)10-9(11(15)16)5-4-6-12-10/h4-6H,7-8H2,1-3H3,(H,15,16). The van der Waals surface area contributed by atoms with E-state index in [4.69, 9.17) is 5.11 Å². The van der Waals surface area contributed by atoms with Gasteiger partial charge in [-0.2, -0.15) is 0 Å². The second-order valence-electron chi connectivity index (χ2n) is 3.90. The molecule has 0 fully saturated rings. The van der Waals surface area contributed by atoms with E-state index in [-0.39, 0.29) is 5.56 Å². The summed E-state index contributed by atoms with van der Waals surface area (Å²) < 4.78 is 0. The number of rotatable bonds is 5. The minimum Gasteiger partial charge on any atom is -0.478 e. The van der Waals surface area contributed by atoms with Crippen molar-refractivity contribution in [1.82, 2.24) is 9.88 Å². The van der Waals surface area contributed by atoms with Gasteiger partial charge in [0, 0.05) is 26.3 Å². The Kier molecular flexibility index (Phi) is 4.25. The molecule has 1 aromatic rings. The van der Waals surface area contributed by atoms with E-state index < -0.39 is 5.97 Å². The number of aromatic carboxylic acids is 1. The lowest BCUT2D eigenvalue weighted by atomic mass is 10.2. The maximum atomic E-state index is 11.0. The fourth-order valence-corrected chi connectivity index (χ4v) is 1.32. The van der Waals surface area contributed by atoms with Crippen LogP contribution in [0.5, 0.6) is 0 Å². The molecule has 0 saturated carbocycles. The second-order valence-corrected chi connectivity index (χ2v) is 3.90. The summed E-state index contributed by atoms with van der Waals surface area (Å²) in [5.74, 6) is -0.434. The highest BCUT2D eigenvalue weighted by Crippen LogP contribution is 2.15. The number of pyridine rings is 1. The van der Waals surface area contributed by atoms with Crippen molar-refractivity contribution in [3.8, 4) is 0 Å². The number of likely N-dealkylation sites (N-methyl/N-ethyl adjacent to an activating group) is 2. The summed E-state index contributed by atoms with van der Waals surface area (Å²) >= 11 is 0. The Morgan fingerprint density at radius 1 is 1.38 bits per heavy atom. The number of hydrogen-bond acceptors (Lipinski definition) is 4. The van der Waals surface area contributed by atoms with E-state index in [1.165, 1.54) is 0 Å². The van der Waals surface area contributed by atoms with Crippen molar-refractivity contribution in [2.45, 2.75) is 0 Å². The molecular weight excluding hydrogens is 206 g/mol. The highest BCUT2D eigenvalue weighted by molar-refractivity contribution is 5.93. The van der Waals surface area contributed by atoms with Crippen LogP contribution in [0.15, 0.2) is 18.3 Å². The first-order valence-electron chi connectivity index (χ1n) is 5.06. The molecule has 16 heavy (non-hydrogen) atoms. The van der Waals surface area contributed by atoms with Gasteiger partial charge in [-0.1, -0.05) is 0 Å². The fourth-order valence-electron chi connectivity index (χ4n) is 1.32. The molecule has 0 aliphatic rings. The van der Waals surface area contributed by atoms with Gasteiger partial charge in [-0.25, -0.2) is 9.78 Å². The molecule has 0 aliphatic carbocycles. The van der Waals surface area contributed by atoms with E-state index in [0.29, 0.717) is 5.82 Å². The maximum absolute atomic E-state index is 11.0. The number of carboxylic acid groups (broad SMARTS) is 1. The molecular formula is C11H17N3O2. The van der Waals surface area contributed by atoms with E-state index in [1.54, 1.807) is 18.3 Å². The fraction of sp³-hybridized carbons (Fsp3) is 0.455. The monoisotopic (exact) mass is 223 g/mol. The lowest BCUT2D eigenvalue weighted by Gasteiger charge is -2.21. The average molecular weight is 223 g/mol. The lowest BCUT2D eigenvalue weighted by molar-refractivity contribution is 0.0697. The third kappa shape index (κ3) is 3.20. The Hall–Kier alpha value is -1.62. The van der Waals surface area contributed by atoms with Crippen molar-refractivity contribution in [3.05, 3.63) is 23.9 Å². The summed E-state index contributed by atoms with van der Waals surface area (Å²) in [6.45, 7) is 1.59. The number of hydrogen-bond donors (Lipinski definition) is 1. The Morgan fingerprint density at radius 2 is 2.06 bits per heavy atom. The minimum atomic E-state index is -0.945. The highest BCUT2D eigenvalue weighted by Gasteiger charge is 2.13. The van der Waals surface area contributed by atoms with E-state index in [1.807, 2.05) is 30.9 Å². The summed E-state index contributed by atoms with van der Waals surface area (Å²) in [5, 5.41) is 9.01. The summed E-state index contributed by atoms with van der Waals surface area (Å²) in [6.07, 6.45) is 1.61. The topological polar surface area (TPSA) is 56.7 Å². The van der Waals surface area contributed by atoms with Crippen molar-refractivity contribution in [3.63, 3.8) is 0 Å². The highest BCUT2D eigenvalue weighted by atomic mass is 16.4. The molecule has 0 spiro atoms. The van der Waals surface area contributed by atoms with E-state index in [2.05, 4.69) is 4.98 Å². The van der Waals surface area contributed by atoms with Gasteiger partial charge in [0.05, 0.1) is 0 Å². The number of carbonyl (C=O) groups is 1. The molecule has 1 N–H and O–H groups in total. The van der Waals surface area contributed by atoms with Crippen LogP contribution in [0, 0.1) is 0 Å². The smallest absolute Gasteiger partial charge is 0.339 e. The van der Waals surface area contributed by atoms with E-state index in [0.717, 1.165) is 13.1 Å². The van der Waals surface area contributed by atoms with Crippen LogP contribution in [0.1, 0.15) is 10.4 Å². The SMILES string of the molecule is CN(C)CCN(C)c1ncccc1C(=O)O. The predicted octanol–water partition coefficient (Wildman–Crippen LogP) is 0.778. The van der Waals surface area contributed by atoms with Gasteiger partial charge in [-0.3, -0.25) is 0 Å². The van der Waals surface area contributed by atoms with Gasteiger partial charge >= 0.3 is 5.97 Å². The number of aromatic nitrogens is 1. The second kappa shape index (κ2) is 5.46. The van der Waals surface area contributed by atoms with Crippen molar-refractivity contribution in [2.24, 2.45) is 0 Å². The molecule has 0 radical (unpaired) electrons. The van der Waals surface area contributed by atoms with Crippen molar-refractivity contribution in [2.75, 3.05) is 39.1 Å². The molecule has 5 nitrogen and oxygen atoms in total. The summed E-state index contributed by atoms with van der Waals surface area (Å²) in [5.41, 5.74) is 0.240. The molecule has 88 valence electrons. The average Bonchev–Trinajstić information content (AvgIpc) is 2.25. The largest absolute Gasteiger partial charge is 0.478 e. The number of nitrogens with zero attached hydrogens (tertiary/aromatic N) is 3. The minimum absolute atomic E-state index is 0.240. The Balaban J connectivity index is 2.82. The molecule has 0 unspecified atom stereocenters. The van der Waals surface area contributed by atoms with Gasteiger partial charge in [0.15, 0.2) is 0 Å². The molecule has 0 amide bonds. The predicted molar refractivity (Wildman–Crippen MR) is 63.0 cm³/mol. The van der Waals surface area contributed by atoms with Gasteiger partial charge in [0.1, 0.15) is 11.4 Å². The summed E-state index contributed by atoms with van der Waals surface area (Å²) in [4.78, 5) is 19.0. The normalized spacial score (nSPS) is 10.5. The molecule has 1 rings (SSSR count). The lowest BCUT2D eigenvalue weighted by Crippen LogP contribution is -2.30. The van der Waals surface area contributed by atoms with Crippen LogP contribution >= 0.6 is 0 Å². The summed E-state index contributed by atoms with van der Waals surface area (Å²) in [6, 6.07) is 3.20. The Bertz CT molecular complexity index is 366. The molecule has 0 bridgehead atoms. The zero-order valence-corrected chi connectivity index (χ0v) is 9.84. The van der Waals surface area contributed by atoms with Crippen molar-refractivity contribution >= 4 is 11.8 Å². The third-order valence-electron chi connectivity index (χ3n) is 2.26. The van der Waals surface area contributed by atoms with Gasteiger partial charge in [-0.05, 0) is 26.2 Å². The van der Waals surface area contributed by atoms with Crippen LogP contribution in [-0.4, -0.2) is 55.2 Å². The molecule has 0 atom stereocenters.